The van der Waals surface area contributed by atoms with Gasteiger partial charge in [-0.15, -0.1) is 5.10 Å². The lowest BCUT2D eigenvalue weighted by Crippen LogP contribution is -2.61. The number of nitrogens with one attached hydrogen (secondary N) is 3. The van der Waals surface area contributed by atoms with E-state index >= 15 is 0 Å². The number of hydrogen-bond donors (Lipinski definition) is 5. The Balaban J connectivity index is 0.577. The van der Waals surface area contributed by atoms with Crippen molar-refractivity contribution in [2.24, 2.45) is 11.1 Å². The molecule has 1 amide bonds. The number of fused-ring (bicyclic) bond motifs is 11. The number of carbonyl (C=O) groups excluding carboxylic acids is 5. The minimum Gasteiger partial charge on any atom is -0.459 e. The fraction of sp³-hybridized carbons (Fsp3) is 0.300. The Morgan fingerprint density at radius 3 is 1.69 bits per heavy atom. The molecule has 2 fully saturated rings. The summed E-state index contributed by atoms with van der Waals surface area (Å²) in [6, 6.07) is 46.8. The molecular weight excluding hydrogens is 1330 g/mol. The molecule has 24 nitrogen and oxygen atoms in total. The predicted molar refractivity (Wildman–Crippen MR) is 389 cm³/mol. The molecule has 24 heteroatoms. The highest BCUT2D eigenvalue weighted by atomic mass is 16.7. The number of nitrogens with zero attached hydrogens (tertiary/aromatic N) is 6. The van der Waals surface area contributed by atoms with E-state index in [0.717, 1.165) is 96.3 Å². The molecular formula is C80H79N9O15. The van der Waals surface area contributed by atoms with E-state index in [4.69, 9.17) is 48.0 Å². The Morgan fingerprint density at radius 2 is 1.18 bits per heavy atom. The summed E-state index contributed by atoms with van der Waals surface area (Å²) in [5, 5.41) is 39.2. The van der Waals surface area contributed by atoms with E-state index in [0.29, 0.717) is 60.9 Å². The quantitative estimate of drug-likeness (QED) is 0.00886. The molecule has 534 valence electrons. The van der Waals surface area contributed by atoms with Crippen LogP contribution in [0, 0.1) is 5.92 Å². The lowest BCUT2D eigenvalue weighted by Gasteiger charge is -2.36. The van der Waals surface area contributed by atoms with E-state index in [9.17, 15) is 34.2 Å². The number of hydrogen-bond acceptors (Lipinski definition) is 20. The molecule has 5 aliphatic rings. The first kappa shape index (κ1) is 71.1. The zero-order valence-corrected chi connectivity index (χ0v) is 58.3. The minimum absolute atomic E-state index is 0.0894. The van der Waals surface area contributed by atoms with Gasteiger partial charge in [-0.25, -0.2) is 29.0 Å². The Bertz CT molecular complexity index is 4890. The molecule has 8 aromatic rings. The van der Waals surface area contributed by atoms with Gasteiger partial charge in [0.25, 0.3) is 5.91 Å². The van der Waals surface area contributed by atoms with Gasteiger partial charge < -0.3 is 63.5 Å². The maximum Gasteiger partial charge on any atom is 0.347 e. The highest BCUT2D eigenvalue weighted by Gasteiger charge is 2.73. The summed E-state index contributed by atoms with van der Waals surface area (Å²) >= 11 is 0. The largest absolute Gasteiger partial charge is 0.459 e. The number of allylic oxidation sites excluding steroid dienone is 1. The second-order valence-electron chi connectivity index (χ2n) is 26.2. The topological polar surface area (TPSA) is 312 Å². The van der Waals surface area contributed by atoms with Crippen LogP contribution in [0.4, 0.5) is 0 Å². The Labute approximate surface area is 599 Å². The number of esters is 4. The van der Waals surface area contributed by atoms with Crippen molar-refractivity contribution in [2.75, 3.05) is 52.8 Å². The number of benzene rings is 4. The maximum absolute atomic E-state index is 13.6. The maximum atomic E-state index is 13.6. The second-order valence-corrected chi connectivity index (χ2v) is 26.2. The molecule has 4 aromatic carbocycles. The summed E-state index contributed by atoms with van der Waals surface area (Å²) in [6.07, 6.45) is 8.75. The average molecular weight is 1410 g/mol. The number of aromatic nitrogens is 7. The van der Waals surface area contributed by atoms with Crippen molar-refractivity contribution >= 4 is 81.9 Å². The molecule has 0 radical (unpaired) electrons. The molecule has 0 spiro atoms. The van der Waals surface area contributed by atoms with Crippen molar-refractivity contribution < 1.29 is 72.2 Å². The number of aliphatic hydroxyl groups is 2. The molecule has 13 rings (SSSR count). The van der Waals surface area contributed by atoms with Gasteiger partial charge in [0.05, 0.1) is 75.2 Å². The van der Waals surface area contributed by atoms with Crippen LogP contribution in [0.5, 0.6) is 0 Å². The zero-order valence-electron chi connectivity index (χ0n) is 58.3. The van der Waals surface area contributed by atoms with Crippen LogP contribution >= 0.6 is 0 Å². The SMILES string of the molecule is C/C=C(/C)C(=O)O[C@@H]1C[C@H]2C(=C1C)[C@@H]1OC(=O)[C@@](C)(O)[C@@]1(O)/C(=N/OCC(=O)OCc1cn(CCOCCOCCOCCNC(=O)c3ccc(-c4c5nc(c(-c6ccccc6)c6ccc([nH]6)c(-c6ccccc6)c6nc(c(-c7ccccc7)c7ccc4[nH]7)C=C6)C=C5)cc3)nn1)C[C@]2(C)OC(C)=O. The number of rotatable bonds is 25. The van der Waals surface area contributed by atoms with Gasteiger partial charge in [0, 0.05) is 81.3 Å². The number of aromatic amines is 2. The van der Waals surface area contributed by atoms with Crippen LogP contribution in [0.15, 0.2) is 174 Å². The molecule has 3 aliphatic heterocycles. The van der Waals surface area contributed by atoms with Crippen LogP contribution in [0.1, 0.15) is 93.2 Å². The van der Waals surface area contributed by atoms with Gasteiger partial charge in [0.15, 0.2) is 17.3 Å². The van der Waals surface area contributed by atoms with Crippen molar-refractivity contribution in [3.63, 3.8) is 0 Å². The van der Waals surface area contributed by atoms with E-state index < -0.39 is 65.4 Å². The summed E-state index contributed by atoms with van der Waals surface area (Å²) in [5.41, 5.74) is 9.21. The van der Waals surface area contributed by atoms with Crippen LogP contribution in [-0.2, 0) is 70.3 Å². The standard InChI is InChI=1S/C80H79N9O15/c1-7-48(2)76(93)102-66-43-57-69(49(66)3)74-80(96,79(6,95)77(94)103-74)67(44-78(57,5)104-50(4)90)87-101-47-68(91)100-46-56-45-89(88-86-56)36-38-98-40-42-99-41-39-97-37-35-81-75(92)55-25-23-54(24-26-55)73-64-33-31-62(84-64)71(52-19-13-9-14-20-52)60-29-27-58(82-60)70(51-17-11-8-12-18-51)59-28-30-61(83-59)72(53-21-15-10-16-22-53)63-32-34-65(73)85-63/h7-34,45,57,66,74,82,85,95-96H,35-44,46-47H2,1-6H3,(H,81,92)/b48-7-,70-58?,70-59?,71-60?,71-62?,72-61?,72-63?,73-64?,73-65?,87-67+/t57-,66+,74-,78-,79+,80+/m0/s1. The van der Waals surface area contributed by atoms with Crippen molar-refractivity contribution in [3.8, 4) is 44.5 Å². The Kier molecular flexibility index (Phi) is 21.0. The highest BCUT2D eigenvalue weighted by Crippen LogP contribution is 2.55. The number of H-pyrrole nitrogens is 2. The normalized spacial score (nSPS) is 20.8. The van der Waals surface area contributed by atoms with Crippen molar-refractivity contribution in [2.45, 2.75) is 96.5 Å². The van der Waals surface area contributed by atoms with Crippen LogP contribution in [0.3, 0.4) is 0 Å². The third-order valence-electron chi connectivity index (χ3n) is 19.3. The average Bonchev–Trinajstić information content (AvgIpc) is 1.53. The fourth-order valence-electron chi connectivity index (χ4n) is 13.9. The molecule has 104 heavy (non-hydrogen) atoms. The number of amides is 1. The summed E-state index contributed by atoms with van der Waals surface area (Å²) in [5.74, 6) is -4.34. The zero-order chi connectivity index (χ0) is 72.7. The Hall–Kier alpha value is -11.3. The second kappa shape index (κ2) is 30.7. The predicted octanol–water partition coefficient (Wildman–Crippen LogP) is 11.2. The molecule has 5 N–H and O–H groups in total. The van der Waals surface area contributed by atoms with Crippen LogP contribution in [0.25, 0.3) is 90.9 Å². The van der Waals surface area contributed by atoms with Gasteiger partial charge in [-0.1, -0.05) is 120 Å². The van der Waals surface area contributed by atoms with Gasteiger partial charge >= 0.3 is 23.9 Å². The minimum atomic E-state index is -2.59. The first-order chi connectivity index (χ1) is 50.3. The number of oxime groups is 1. The molecule has 4 aromatic heterocycles. The molecule has 2 aliphatic carbocycles. The van der Waals surface area contributed by atoms with E-state index in [-0.39, 0.29) is 50.8 Å². The molecule has 1 saturated heterocycles. The van der Waals surface area contributed by atoms with Crippen LogP contribution in [-0.4, -0.2) is 162 Å². The Morgan fingerprint density at radius 1 is 0.683 bits per heavy atom. The molecule has 0 unspecified atom stereocenters. The van der Waals surface area contributed by atoms with Gasteiger partial charge in [0.2, 0.25) is 6.61 Å². The number of carbonyl (C=O) groups is 5. The van der Waals surface area contributed by atoms with Crippen molar-refractivity contribution in [3.05, 3.63) is 203 Å². The number of ether oxygens (including phenoxy) is 7. The van der Waals surface area contributed by atoms with E-state index in [1.54, 1.807) is 40.0 Å². The van der Waals surface area contributed by atoms with Gasteiger partial charge in [0.1, 0.15) is 29.7 Å². The lowest BCUT2D eigenvalue weighted by atomic mass is 9.76. The molecule has 6 atom stereocenters. The van der Waals surface area contributed by atoms with Crippen LogP contribution < -0.4 is 5.32 Å². The third-order valence-corrected chi connectivity index (χ3v) is 19.3. The third kappa shape index (κ3) is 14.7. The first-order valence-electron chi connectivity index (χ1n) is 34.4. The highest BCUT2D eigenvalue weighted by molar-refractivity contribution is 6.05. The summed E-state index contributed by atoms with van der Waals surface area (Å²) in [6.45, 7) is 10.1. The van der Waals surface area contributed by atoms with Gasteiger partial charge in [-0.3, -0.25) is 9.59 Å². The van der Waals surface area contributed by atoms with Gasteiger partial charge in [-0.05, 0) is 135 Å². The van der Waals surface area contributed by atoms with Crippen molar-refractivity contribution in [1.29, 1.82) is 0 Å². The van der Waals surface area contributed by atoms with Crippen LogP contribution in [0.2, 0.25) is 0 Å². The van der Waals surface area contributed by atoms with Gasteiger partial charge in [-0.2, -0.15) is 0 Å². The molecule has 8 bridgehead atoms. The van der Waals surface area contributed by atoms with E-state index in [2.05, 4.69) is 110 Å². The smallest absolute Gasteiger partial charge is 0.347 e. The lowest BCUT2D eigenvalue weighted by molar-refractivity contribution is -0.162. The molecule has 7 heterocycles. The summed E-state index contributed by atoms with van der Waals surface area (Å²) in [7, 11) is 0. The van der Waals surface area contributed by atoms with E-state index in [1.807, 2.05) is 84.9 Å². The summed E-state index contributed by atoms with van der Waals surface area (Å²) < 4.78 is 41.4. The summed E-state index contributed by atoms with van der Waals surface area (Å²) in [4.78, 5) is 89.1. The molecule has 1 saturated carbocycles. The monoisotopic (exact) mass is 1410 g/mol. The van der Waals surface area contributed by atoms with Crippen molar-refractivity contribution in [1.82, 2.24) is 40.2 Å². The first-order valence-corrected chi connectivity index (χ1v) is 34.4. The fourth-order valence-corrected chi connectivity index (χ4v) is 13.9. The van der Waals surface area contributed by atoms with E-state index in [1.165, 1.54) is 11.6 Å².